The Labute approximate surface area is 171 Å². The van der Waals surface area contributed by atoms with Gasteiger partial charge in [-0.1, -0.05) is 12.1 Å². The number of carbonyl (C=O) groups excluding carboxylic acids is 2. The summed E-state index contributed by atoms with van der Waals surface area (Å²) in [4.78, 5) is 24.3. The van der Waals surface area contributed by atoms with E-state index in [0.29, 0.717) is 39.4 Å². The summed E-state index contributed by atoms with van der Waals surface area (Å²) in [6, 6.07) is 11.9. The Hall–Kier alpha value is -3.11. The summed E-state index contributed by atoms with van der Waals surface area (Å²) in [5.41, 5.74) is 1.19. The smallest absolute Gasteiger partial charge is 0.266 e. The van der Waals surface area contributed by atoms with E-state index in [4.69, 9.17) is 9.47 Å². The van der Waals surface area contributed by atoms with Crippen LogP contribution in [-0.4, -0.2) is 25.4 Å². The van der Waals surface area contributed by atoms with Crippen molar-refractivity contribution >= 4 is 39.4 Å². The van der Waals surface area contributed by atoms with Crippen LogP contribution >= 0.6 is 15.9 Å². The van der Waals surface area contributed by atoms with E-state index in [-0.39, 0.29) is 11.4 Å². The van der Waals surface area contributed by atoms with Crippen molar-refractivity contribution in [2.45, 2.75) is 13.8 Å². The lowest BCUT2D eigenvalue weighted by atomic mass is 10.1. The van der Waals surface area contributed by atoms with E-state index in [1.165, 1.54) is 20.1 Å². The highest BCUT2D eigenvalue weighted by molar-refractivity contribution is 9.10. The third kappa shape index (κ3) is 4.99. The maximum Gasteiger partial charge on any atom is 0.266 e. The van der Waals surface area contributed by atoms with Gasteiger partial charge in [0.1, 0.15) is 11.6 Å². The minimum atomic E-state index is -0.611. The van der Waals surface area contributed by atoms with Crippen LogP contribution in [0.15, 0.2) is 46.4 Å². The number of rotatable bonds is 7. The largest absolute Gasteiger partial charge is 0.493 e. The van der Waals surface area contributed by atoms with Gasteiger partial charge in [-0.15, -0.1) is 0 Å². The summed E-state index contributed by atoms with van der Waals surface area (Å²) in [6.07, 6.45) is 1.44. The van der Waals surface area contributed by atoms with Gasteiger partial charge in [-0.2, -0.15) is 5.26 Å². The molecule has 2 aromatic rings. The molecule has 0 aliphatic carbocycles. The normalized spacial score (nSPS) is 10.8. The van der Waals surface area contributed by atoms with Crippen molar-refractivity contribution in [3.8, 4) is 17.6 Å². The minimum Gasteiger partial charge on any atom is -0.493 e. The molecular weight excluding hydrogens is 424 g/mol. The fourth-order valence-electron chi connectivity index (χ4n) is 2.51. The van der Waals surface area contributed by atoms with Gasteiger partial charge in [-0.05, 0) is 65.7 Å². The highest BCUT2D eigenvalue weighted by Gasteiger charge is 2.15. The molecule has 6 nitrogen and oxygen atoms in total. The molecule has 2 aromatic carbocycles. The summed E-state index contributed by atoms with van der Waals surface area (Å²) in [5.74, 6) is 0.223. The molecule has 0 atom stereocenters. The Morgan fingerprint density at radius 3 is 2.61 bits per heavy atom. The molecule has 0 unspecified atom stereocenters. The molecule has 0 radical (unpaired) electrons. The van der Waals surface area contributed by atoms with Crippen LogP contribution in [0.3, 0.4) is 0 Å². The first kappa shape index (κ1) is 21.2. The van der Waals surface area contributed by atoms with Crippen LogP contribution in [0.4, 0.5) is 5.69 Å². The third-order valence-electron chi connectivity index (χ3n) is 3.77. The van der Waals surface area contributed by atoms with Crippen LogP contribution in [0.25, 0.3) is 6.08 Å². The van der Waals surface area contributed by atoms with E-state index in [9.17, 15) is 14.9 Å². The Kier molecular flexibility index (Phi) is 7.36. The molecule has 1 N–H and O–H groups in total. The average molecular weight is 443 g/mol. The molecule has 144 valence electrons. The number of Topliss-reactive ketones (excluding diaryl/α,β-unsaturated/α-hetero) is 1. The van der Waals surface area contributed by atoms with Crippen LogP contribution < -0.4 is 14.8 Å². The quantitative estimate of drug-likeness (QED) is 0.384. The number of hydrogen-bond donors (Lipinski definition) is 1. The standard InChI is InChI=1S/C21H19BrN2O4/c1-4-28-20-17(22)10-14(11-19(20)27-3)9-15(12-23)21(26)24-18-8-6-5-7-16(18)13(2)25/h5-11H,4H2,1-3H3,(H,24,26)/b15-9-. The first-order chi connectivity index (χ1) is 13.4. The van der Waals surface area contributed by atoms with Crippen molar-refractivity contribution < 1.29 is 19.1 Å². The maximum absolute atomic E-state index is 12.6. The van der Waals surface area contributed by atoms with E-state index in [1.54, 1.807) is 36.4 Å². The Bertz CT molecular complexity index is 977. The summed E-state index contributed by atoms with van der Waals surface area (Å²) >= 11 is 3.41. The molecule has 0 aliphatic rings. The molecule has 1 amide bonds. The monoisotopic (exact) mass is 442 g/mol. The molecule has 0 heterocycles. The van der Waals surface area contributed by atoms with E-state index in [0.717, 1.165) is 0 Å². The van der Waals surface area contributed by atoms with Crippen molar-refractivity contribution in [2.75, 3.05) is 19.0 Å². The van der Waals surface area contributed by atoms with E-state index in [2.05, 4.69) is 21.2 Å². The van der Waals surface area contributed by atoms with Crippen molar-refractivity contribution in [3.63, 3.8) is 0 Å². The number of amides is 1. The van der Waals surface area contributed by atoms with Crippen molar-refractivity contribution in [1.29, 1.82) is 5.26 Å². The van der Waals surface area contributed by atoms with Crippen LogP contribution in [0.1, 0.15) is 29.8 Å². The molecule has 28 heavy (non-hydrogen) atoms. The van der Waals surface area contributed by atoms with Crippen molar-refractivity contribution in [3.05, 3.63) is 57.6 Å². The SMILES string of the molecule is CCOc1c(Br)cc(/C=C(/C#N)C(=O)Nc2ccccc2C(C)=O)cc1OC. The highest BCUT2D eigenvalue weighted by atomic mass is 79.9. The number of anilines is 1. The zero-order chi connectivity index (χ0) is 20.7. The summed E-state index contributed by atoms with van der Waals surface area (Å²) in [7, 11) is 1.51. The van der Waals surface area contributed by atoms with Gasteiger partial charge in [-0.25, -0.2) is 0 Å². The van der Waals surface area contributed by atoms with E-state index < -0.39 is 5.91 Å². The Balaban J connectivity index is 2.36. The number of benzene rings is 2. The fourth-order valence-corrected chi connectivity index (χ4v) is 3.09. The molecule has 0 saturated heterocycles. The maximum atomic E-state index is 12.6. The summed E-state index contributed by atoms with van der Waals surface area (Å²) in [6.45, 7) is 3.73. The van der Waals surface area contributed by atoms with Crippen LogP contribution in [0, 0.1) is 11.3 Å². The fraction of sp³-hybridized carbons (Fsp3) is 0.190. The second kappa shape index (κ2) is 9.72. The van der Waals surface area contributed by atoms with Gasteiger partial charge in [-0.3, -0.25) is 9.59 Å². The molecule has 0 spiro atoms. The lowest BCUT2D eigenvalue weighted by Gasteiger charge is -2.12. The summed E-state index contributed by atoms with van der Waals surface area (Å²) < 4.78 is 11.5. The molecule has 7 heteroatoms. The minimum absolute atomic E-state index is 0.114. The lowest BCUT2D eigenvalue weighted by molar-refractivity contribution is -0.112. The molecule has 0 fully saturated rings. The van der Waals surface area contributed by atoms with Crippen molar-refractivity contribution in [1.82, 2.24) is 0 Å². The zero-order valence-electron chi connectivity index (χ0n) is 15.7. The number of nitrogens with one attached hydrogen (secondary N) is 1. The van der Waals surface area contributed by atoms with Gasteiger partial charge in [0, 0.05) is 5.56 Å². The molecule has 0 bridgehead atoms. The molecule has 0 aliphatic heterocycles. The first-order valence-electron chi connectivity index (χ1n) is 8.44. The number of hydrogen-bond acceptors (Lipinski definition) is 5. The van der Waals surface area contributed by atoms with E-state index >= 15 is 0 Å². The number of nitrogens with zero attached hydrogens (tertiary/aromatic N) is 1. The lowest BCUT2D eigenvalue weighted by Crippen LogP contribution is -2.15. The van der Waals surface area contributed by atoms with Crippen LogP contribution in [-0.2, 0) is 4.79 Å². The average Bonchev–Trinajstić information content (AvgIpc) is 2.68. The number of ketones is 1. The second-order valence-corrected chi connectivity index (χ2v) is 6.55. The van der Waals surface area contributed by atoms with Crippen molar-refractivity contribution in [2.24, 2.45) is 0 Å². The van der Waals surface area contributed by atoms with Gasteiger partial charge in [0.05, 0.1) is 23.9 Å². The molecule has 2 rings (SSSR count). The Morgan fingerprint density at radius 1 is 1.29 bits per heavy atom. The molecular formula is C21H19BrN2O4. The van der Waals surface area contributed by atoms with Gasteiger partial charge < -0.3 is 14.8 Å². The van der Waals surface area contributed by atoms with Gasteiger partial charge in [0.15, 0.2) is 17.3 Å². The number of methoxy groups -OCH3 is 1. The van der Waals surface area contributed by atoms with Gasteiger partial charge in [0.25, 0.3) is 5.91 Å². The predicted octanol–water partition coefficient (Wildman–Crippen LogP) is 4.60. The zero-order valence-corrected chi connectivity index (χ0v) is 17.3. The highest BCUT2D eigenvalue weighted by Crippen LogP contribution is 2.37. The van der Waals surface area contributed by atoms with Gasteiger partial charge >= 0.3 is 0 Å². The number of para-hydroxylation sites is 1. The van der Waals surface area contributed by atoms with Crippen LogP contribution in [0.2, 0.25) is 0 Å². The number of ether oxygens (including phenoxy) is 2. The summed E-state index contributed by atoms with van der Waals surface area (Å²) in [5, 5.41) is 12.1. The molecule has 0 aromatic heterocycles. The third-order valence-corrected chi connectivity index (χ3v) is 4.36. The predicted molar refractivity (Wildman–Crippen MR) is 111 cm³/mol. The van der Waals surface area contributed by atoms with E-state index in [1.807, 2.05) is 13.0 Å². The topological polar surface area (TPSA) is 88.4 Å². The molecule has 0 saturated carbocycles. The van der Waals surface area contributed by atoms with Gasteiger partial charge in [0.2, 0.25) is 0 Å². The van der Waals surface area contributed by atoms with Crippen LogP contribution in [0.5, 0.6) is 11.5 Å². The number of halogens is 1. The number of nitriles is 1. The first-order valence-corrected chi connectivity index (χ1v) is 9.24. The Morgan fingerprint density at radius 2 is 2.00 bits per heavy atom. The second-order valence-electron chi connectivity index (χ2n) is 5.69. The number of carbonyl (C=O) groups is 2.